The quantitative estimate of drug-likeness (QED) is 0.107. The van der Waals surface area contributed by atoms with E-state index >= 15 is 0 Å². The van der Waals surface area contributed by atoms with Crippen LogP contribution in [0.2, 0.25) is 0 Å². The Kier molecular flexibility index (Phi) is 7.40. The fraction of sp³-hybridized carbons (Fsp3) is 0.227. The number of phenolic OH excluding ortho intramolecular Hbond substituents is 1. The van der Waals surface area contributed by atoms with E-state index in [0.29, 0.717) is 0 Å². The number of nitrogens with zero attached hydrogens (tertiary/aromatic N) is 4. The number of aromatic nitrogens is 4. The van der Waals surface area contributed by atoms with Crippen molar-refractivity contribution < 1.29 is 30.7 Å². The molecule has 0 spiro atoms. The number of imidazole rings is 2. The van der Waals surface area contributed by atoms with Gasteiger partial charge in [0, 0.05) is 16.2 Å². The van der Waals surface area contributed by atoms with Gasteiger partial charge in [0.25, 0.3) is 6.33 Å². The smallest absolute Gasteiger partial charge is 0.507 e. The molecule has 0 saturated carbocycles. The van der Waals surface area contributed by atoms with Crippen LogP contribution in [0.3, 0.4) is 0 Å². The molecular weight excluding hydrogens is 796 g/mol. The van der Waals surface area contributed by atoms with Crippen LogP contribution in [0, 0.1) is 26.2 Å². The van der Waals surface area contributed by atoms with Crippen LogP contribution < -0.4 is 4.57 Å². The Balaban J connectivity index is 0.00000361. The molecule has 5 aromatic carbocycles. The number of fused-ring (bicyclic) bond motifs is 4. The van der Waals surface area contributed by atoms with E-state index in [4.69, 9.17) is 4.98 Å². The van der Waals surface area contributed by atoms with Gasteiger partial charge < -0.3 is 9.67 Å². The predicted octanol–water partition coefficient (Wildman–Crippen LogP) is 9.14. The third kappa shape index (κ3) is 4.42. The summed E-state index contributed by atoms with van der Waals surface area (Å²) in [6.07, 6.45) is 5.21. The molecule has 250 valence electrons. The summed E-state index contributed by atoms with van der Waals surface area (Å²) in [4.78, 5) is 5.38. The van der Waals surface area contributed by atoms with E-state index in [-0.39, 0.29) is 37.6 Å². The number of benzene rings is 5. The summed E-state index contributed by atoms with van der Waals surface area (Å²) in [7, 11) is 0. The maximum Gasteiger partial charge on any atom is 2.00 e. The molecule has 4 heterocycles. The van der Waals surface area contributed by atoms with Gasteiger partial charge in [-0.2, -0.15) is 29.8 Å². The van der Waals surface area contributed by atoms with E-state index in [1.54, 1.807) is 6.07 Å². The molecule has 1 N–H and O–H groups in total. The molecule has 0 bridgehead atoms. The van der Waals surface area contributed by atoms with Crippen molar-refractivity contribution in [3.05, 3.63) is 143 Å². The minimum atomic E-state index is -0.215. The molecule has 0 aliphatic carbocycles. The Morgan fingerprint density at radius 2 is 1.46 bits per heavy atom. The molecular formula is C44H39N4OPt+. The van der Waals surface area contributed by atoms with Crippen molar-refractivity contribution in [1.29, 1.82) is 0 Å². The van der Waals surface area contributed by atoms with E-state index in [0.717, 1.165) is 68.3 Å². The van der Waals surface area contributed by atoms with Gasteiger partial charge in [0.1, 0.15) is 11.4 Å². The maximum absolute atomic E-state index is 11.2. The van der Waals surface area contributed by atoms with Crippen LogP contribution in [-0.2, 0) is 44.7 Å². The van der Waals surface area contributed by atoms with E-state index < -0.39 is 0 Å². The van der Waals surface area contributed by atoms with Crippen LogP contribution >= 0.6 is 0 Å². The summed E-state index contributed by atoms with van der Waals surface area (Å²) in [6.45, 7) is 13.7. The van der Waals surface area contributed by atoms with Crippen LogP contribution in [0.25, 0.3) is 49.7 Å². The van der Waals surface area contributed by atoms with Crippen LogP contribution in [0.1, 0.15) is 61.3 Å². The molecule has 9 rings (SSSR count). The van der Waals surface area contributed by atoms with E-state index in [2.05, 4.69) is 152 Å². The SMILES string of the molecule is Cc1cccc(C)c1-n1[c-][n+](-c2[c-]c(CCc3nc4c5c(O)cccc5c5cccc6c5n4c3C(C)(C)C6(C)C)ccc2)c2ccccc21.[Pt+2]. The maximum atomic E-state index is 11.2. The van der Waals surface area contributed by atoms with Crippen molar-refractivity contribution in [3.8, 4) is 17.1 Å². The Labute approximate surface area is 307 Å². The Hall–Kier alpha value is -4.73. The molecule has 0 atom stereocenters. The van der Waals surface area contributed by atoms with Crippen molar-refractivity contribution in [2.75, 3.05) is 0 Å². The van der Waals surface area contributed by atoms with Gasteiger partial charge in [-0.3, -0.25) is 8.97 Å². The zero-order valence-corrected chi connectivity index (χ0v) is 31.5. The summed E-state index contributed by atoms with van der Waals surface area (Å²) in [5, 5.41) is 14.2. The first-order chi connectivity index (χ1) is 23.6. The number of rotatable bonds is 5. The van der Waals surface area contributed by atoms with Crippen LogP contribution in [-0.4, -0.2) is 19.1 Å². The van der Waals surface area contributed by atoms with Crippen LogP contribution in [0.5, 0.6) is 5.75 Å². The first-order valence-corrected chi connectivity index (χ1v) is 17.2. The van der Waals surface area contributed by atoms with Crippen molar-refractivity contribution in [2.24, 2.45) is 0 Å². The number of aryl methyl sites for hydroxylation is 4. The van der Waals surface area contributed by atoms with Gasteiger partial charge in [0.2, 0.25) is 0 Å². The number of phenols is 1. The van der Waals surface area contributed by atoms with Crippen molar-refractivity contribution in [3.63, 3.8) is 0 Å². The monoisotopic (exact) mass is 834 g/mol. The van der Waals surface area contributed by atoms with Crippen LogP contribution in [0.15, 0.2) is 97.1 Å². The molecule has 8 aromatic rings. The summed E-state index contributed by atoms with van der Waals surface area (Å²) < 4.78 is 6.68. The number of pyridine rings is 1. The minimum Gasteiger partial charge on any atom is -0.507 e. The average molecular weight is 835 g/mol. The van der Waals surface area contributed by atoms with Crippen molar-refractivity contribution in [1.82, 2.24) is 14.0 Å². The topological polar surface area (TPSA) is 46.3 Å². The molecule has 5 nitrogen and oxygen atoms in total. The standard InChI is InChI=1S/C44H39N4O.Pt/c1-27-13-9-14-28(2)39(27)47-26-46(35-20-7-8-21-36(35)47)30-16-10-15-29(25-30)23-24-34-41-44(5,6)43(3,4)33-19-11-18-32-31-17-12-22-37(49)38(31)42(45-34)48(41)40(32)33;/h7-22,49H,23-24H2,1-6H3;/q-1;+2. The molecule has 0 saturated heterocycles. The van der Waals surface area contributed by atoms with Gasteiger partial charge in [-0.15, -0.1) is 0 Å². The second-order valence-electron chi connectivity index (χ2n) is 14.8. The van der Waals surface area contributed by atoms with E-state index in [9.17, 15) is 5.11 Å². The minimum absolute atomic E-state index is 0. The van der Waals surface area contributed by atoms with Crippen LogP contribution in [0.4, 0.5) is 0 Å². The summed E-state index contributed by atoms with van der Waals surface area (Å²) in [5.41, 5.74) is 13.2. The molecule has 0 radical (unpaired) electrons. The average Bonchev–Trinajstić information content (AvgIpc) is 3.67. The molecule has 1 aliphatic heterocycles. The Morgan fingerprint density at radius 1 is 0.760 bits per heavy atom. The van der Waals surface area contributed by atoms with Gasteiger partial charge >= 0.3 is 21.1 Å². The third-order valence-corrected chi connectivity index (χ3v) is 11.5. The van der Waals surface area contributed by atoms with Gasteiger partial charge in [-0.05, 0) is 60.5 Å². The normalized spacial score (nSPS) is 14.6. The summed E-state index contributed by atoms with van der Waals surface area (Å²) in [5.74, 6) is 0.268. The molecule has 0 unspecified atom stereocenters. The largest absolute Gasteiger partial charge is 2.00 e. The van der Waals surface area contributed by atoms with Gasteiger partial charge in [-0.1, -0.05) is 100 Å². The van der Waals surface area contributed by atoms with Gasteiger partial charge in [0.05, 0.1) is 39.0 Å². The fourth-order valence-corrected chi connectivity index (χ4v) is 8.40. The zero-order valence-electron chi connectivity index (χ0n) is 29.2. The first kappa shape index (κ1) is 32.5. The molecule has 1 aliphatic rings. The first-order valence-electron chi connectivity index (χ1n) is 17.2. The Morgan fingerprint density at radius 3 is 2.26 bits per heavy atom. The number of aromatic hydroxyl groups is 1. The number of hydrogen-bond acceptors (Lipinski definition) is 2. The molecule has 0 fully saturated rings. The molecule has 0 amide bonds. The Bertz CT molecular complexity index is 2640. The second kappa shape index (κ2) is 11.4. The predicted molar refractivity (Wildman–Crippen MR) is 197 cm³/mol. The van der Waals surface area contributed by atoms with Crippen molar-refractivity contribution >= 4 is 38.4 Å². The summed E-state index contributed by atoms with van der Waals surface area (Å²) >= 11 is 0. The van der Waals surface area contributed by atoms with Crippen molar-refractivity contribution in [2.45, 2.75) is 65.2 Å². The molecule has 50 heavy (non-hydrogen) atoms. The molecule has 6 heteroatoms. The fourth-order valence-electron chi connectivity index (χ4n) is 8.40. The second-order valence-corrected chi connectivity index (χ2v) is 14.8. The van der Waals surface area contributed by atoms with E-state index in [1.165, 1.54) is 27.9 Å². The van der Waals surface area contributed by atoms with Gasteiger partial charge in [-0.25, -0.2) is 4.98 Å². The number of hydrogen-bond donors (Lipinski definition) is 1. The van der Waals surface area contributed by atoms with Gasteiger partial charge in [0.15, 0.2) is 0 Å². The number of para-hydroxylation sites is 4. The zero-order chi connectivity index (χ0) is 33.8. The third-order valence-electron chi connectivity index (χ3n) is 11.5. The molecule has 3 aromatic heterocycles. The summed E-state index contributed by atoms with van der Waals surface area (Å²) in [6, 6.07) is 37.5. The van der Waals surface area contributed by atoms with E-state index in [1.807, 2.05) is 6.07 Å².